The summed E-state index contributed by atoms with van der Waals surface area (Å²) >= 11 is 3.38. The average molecular weight is 373 g/mol. The molecule has 6 heteroatoms. The van der Waals surface area contributed by atoms with Gasteiger partial charge in [-0.05, 0) is 43.9 Å². The van der Waals surface area contributed by atoms with Gasteiger partial charge in [0.15, 0.2) is 0 Å². The zero-order chi connectivity index (χ0) is 17.2. The normalized spacial score (nSPS) is 14.6. The molecule has 0 radical (unpaired) electrons. The first-order valence-electron chi connectivity index (χ1n) is 8.46. The van der Waals surface area contributed by atoms with E-state index in [2.05, 4.69) is 9.97 Å². The number of fused-ring (bicyclic) bond motifs is 3. The van der Waals surface area contributed by atoms with Gasteiger partial charge in [-0.1, -0.05) is 17.7 Å². The second-order valence-electron chi connectivity index (χ2n) is 6.31. The van der Waals surface area contributed by atoms with Gasteiger partial charge in [-0.25, -0.2) is 9.97 Å². The van der Waals surface area contributed by atoms with Crippen molar-refractivity contribution in [3.63, 3.8) is 0 Å². The standard InChI is InChI=1S/C19H20N2O2S2/c1-12-5-7-14(8-6-12)23-9-13(22)10-24-18-17-15-3-2-4-16(15)25-19(17)21-11-20-18/h5-8,11,13,22H,2-4,9-10H2,1H3/t13-/m1/s1. The van der Waals surface area contributed by atoms with E-state index in [4.69, 9.17) is 4.74 Å². The third kappa shape index (κ3) is 3.66. The smallest absolute Gasteiger partial charge is 0.128 e. The Kier molecular flexibility index (Phi) is 4.92. The van der Waals surface area contributed by atoms with Gasteiger partial charge in [0.2, 0.25) is 0 Å². The number of rotatable bonds is 6. The summed E-state index contributed by atoms with van der Waals surface area (Å²) in [6.45, 7) is 2.32. The third-order valence-electron chi connectivity index (χ3n) is 4.34. The molecule has 1 aliphatic carbocycles. The molecule has 25 heavy (non-hydrogen) atoms. The fraction of sp³-hybridized carbons (Fsp3) is 0.368. The first-order chi connectivity index (χ1) is 12.2. The van der Waals surface area contributed by atoms with E-state index in [0.717, 1.165) is 28.4 Å². The monoisotopic (exact) mass is 372 g/mol. The van der Waals surface area contributed by atoms with E-state index in [1.165, 1.54) is 27.8 Å². The largest absolute Gasteiger partial charge is 0.491 e. The highest BCUT2D eigenvalue weighted by Crippen LogP contribution is 2.40. The number of ether oxygens (including phenoxy) is 1. The number of aromatic nitrogens is 2. The van der Waals surface area contributed by atoms with Crippen LogP contribution in [0.4, 0.5) is 0 Å². The molecule has 130 valence electrons. The van der Waals surface area contributed by atoms with Crippen molar-refractivity contribution >= 4 is 33.3 Å². The quantitative estimate of drug-likeness (QED) is 0.523. The molecule has 2 heterocycles. The van der Waals surface area contributed by atoms with Gasteiger partial charge in [-0.3, -0.25) is 0 Å². The Balaban J connectivity index is 1.39. The highest BCUT2D eigenvalue weighted by Gasteiger charge is 2.21. The number of aliphatic hydroxyl groups is 1. The fourth-order valence-electron chi connectivity index (χ4n) is 3.06. The number of thioether (sulfide) groups is 1. The first-order valence-corrected chi connectivity index (χ1v) is 10.3. The van der Waals surface area contributed by atoms with Crippen LogP contribution in [0.25, 0.3) is 10.2 Å². The summed E-state index contributed by atoms with van der Waals surface area (Å²) in [5.41, 5.74) is 2.62. The summed E-state index contributed by atoms with van der Waals surface area (Å²) in [5.74, 6) is 1.34. The Morgan fingerprint density at radius 2 is 2.08 bits per heavy atom. The van der Waals surface area contributed by atoms with E-state index in [9.17, 15) is 5.11 Å². The Morgan fingerprint density at radius 1 is 1.24 bits per heavy atom. The molecule has 1 N–H and O–H groups in total. The van der Waals surface area contributed by atoms with Gasteiger partial charge in [0.1, 0.15) is 28.5 Å². The van der Waals surface area contributed by atoms with Crippen molar-refractivity contribution in [2.45, 2.75) is 37.3 Å². The van der Waals surface area contributed by atoms with Crippen LogP contribution in [0.5, 0.6) is 5.75 Å². The number of thiophene rings is 1. The minimum Gasteiger partial charge on any atom is -0.491 e. The molecule has 4 rings (SSSR count). The van der Waals surface area contributed by atoms with Crippen LogP contribution in [0.2, 0.25) is 0 Å². The number of aryl methyl sites for hydroxylation is 3. The molecule has 0 spiro atoms. The van der Waals surface area contributed by atoms with E-state index in [1.54, 1.807) is 29.4 Å². The van der Waals surface area contributed by atoms with Crippen LogP contribution >= 0.6 is 23.1 Å². The number of hydrogen-bond donors (Lipinski definition) is 1. The summed E-state index contributed by atoms with van der Waals surface area (Å²) in [6, 6.07) is 7.87. The summed E-state index contributed by atoms with van der Waals surface area (Å²) in [4.78, 5) is 11.4. The molecule has 0 saturated heterocycles. The number of benzene rings is 1. The highest BCUT2D eigenvalue weighted by molar-refractivity contribution is 7.99. The molecule has 3 aromatic rings. The molecule has 0 bridgehead atoms. The first kappa shape index (κ1) is 16.8. The van der Waals surface area contributed by atoms with Gasteiger partial charge < -0.3 is 9.84 Å². The number of hydrogen-bond acceptors (Lipinski definition) is 6. The molecule has 0 amide bonds. The molecule has 4 nitrogen and oxygen atoms in total. The fourth-order valence-corrected chi connectivity index (χ4v) is 5.29. The van der Waals surface area contributed by atoms with Crippen molar-refractivity contribution in [1.82, 2.24) is 9.97 Å². The van der Waals surface area contributed by atoms with Crippen molar-refractivity contribution in [3.8, 4) is 5.75 Å². The maximum absolute atomic E-state index is 10.3. The topological polar surface area (TPSA) is 55.2 Å². The van der Waals surface area contributed by atoms with Crippen LogP contribution in [0.15, 0.2) is 35.6 Å². The van der Waals surface area contributed by atoms with Crippen LogP contribution in [-0.2, 0) is 12.8 Å². The SMILES string of the molecule is Cc1ccc(OC[C@@H](O)CSc2ncnc3sc4c(c23)CCC4)cc1. The van der Waals surface area contributed by atoms with E-state index < -0.39 is 6.10 Å². The lowest BCUT2D eigenvalue weighted by Gasteiger charge is -2.12. The number of aliphatic hydroxyl groups excluding tert-OH is 1. The second kappa shape index (κ2) is 7.32. The second-order valence-corrected chi connectivity index (χ2v) is 8.40. The Bertz CT molecular complexity index is 877. The maximum atomic E-state index is 10.3. The molecule has 0 fully saturated rings. The summed E-state index contributed by atoms with van der Waals surface area (Å²) in [5, 5.41) is 12.4. The predicted octanol–water partition coefficient (Wildman–Crippen LogP) is 4.02. The van der Waals surface area contributed by atoms with Crippen LogP contribution < -0.4 is 4.74 Å². The van der Waals surface area contributed by atoms with Crippen LogP contribution in [0, 0.1) is 6.92 Å². The van der Waals surface area contributed by atoms with Crippen molar-refractivity contribution in [2.75, 3.05) is 12.4 Å². The van der Waals surface area contributed by atoms with Gasteiger partial charge in [0, 0.05) is 16.0 Å². The Labute approximate surface area is 155 Å². The summed E-state index contributed by atoms with van der Waals surface area (Å²) in [6.07, 6.45) is 4.60. The van der Waals surface area contributed by atoms with Crippen LogP contribution in [0.3, 0.4) is 0 Å². The summed E-state index contributed by atoms with van der Waals surface area (Å²) < 4.78 is 5.66. The molecule has 0 aliphatic heterocycles. The van der Waals surface area contributed by atoms with Gasteiger partial charge in [-0.2, -0.15) is 0 Å². The maximum Gasteiger partial charge on any atom is 0.128 e. The van der Waals surface area contributed by atoms with E-state index in [0.29, 0.717) is 5.75 Å². The van der Waals surface area contributed by atoms with E-state index >= 15 is 0 Å². The molecule has 1 aliphatic rings. The lowest BCUT2D eigenvalue weighted by atomic mass is 10.2. The van der Waals surface area contributed by atoms with Crippen LogP contribution in [-0.4, -0.2) is 33.5 Å². The zero-order valence-corrected chi connectivity index (χ0v) is 15.7. The zero-order valence-electron chi connectivity index (χ0n) is 14.1. The molecular weight excluding hydrogens is 352 g/mol. The van der Waals surface area contributed by atoms with Crippen LogP contribution in [0.1, 0.15) is 22.4 Å². The van der Waals surface area contributed by atoms with Crippen molar-refractivity contribution in [3.05, 3.63) is 46.6 Å². The third-order valence-corrected chi connectivity index (χ3v) is 6.68. The van der Waals surface area contributed by atoms with Gasteiger partial charge >= 0.3 is 0 Å². The Morgan fingerprint density at radius 3 is 2.92 bits per heavy atom. The minimum absolute atomic E-state index is 0.284. The van der Waals surface area contributed by atoms with Crippen molar-refractivity contribution in [2.24, 2.45) is 0 Å². The lowest BCUT2D eigenvalue weighted by molar-refractivity contribution is 0.126. The van der Waals surface area contributed by atoms with Gasteiger partial charge in [0.05, 0.1) is 6.10 Å². The molecule has 1 atom stereocenters. The average Bonchev–Trinajstić information content (AvgIpc) is 3.20. The lowest BCUT2D eigenvalue weighted by Crippen LogP contribution is -2.20. The van der Waals surface area contributed by atoms with Crippen molar-refractivity contribution < 1.29 is 9.84 Å². The van der Waals surface area contributed by atoms with Gasteiger partial charge in [-0.15, -0.1) is 23.1 Å². The van der Waals surface area contributed by atoms with Gasteiger partial charge in [0.25, 0.3) is 0 Å². The van der Waals surface area contributed by atoms with E-state index in [1.807, 2.05) is 31.2 Å². The predicted molar refractivity (Wildman–Crippen MR) is 103 cm³/mol. The molecule has 0 unspecified atom stereocenters. The Hall–Kier alpha value is -1.63. The molecule has 1 aromatic carbocycles. The minimum atomic E-state index is -0.539. The molecule has 0 saturated carbocycles. The van der Waals surface area contributed by atoms with E-state index in [-0.39, 0.29) is 6.61 Å². The molecular formula is C19H20N2O2S2. The number of nitrogens with zero attached hydrogens (tertiary/aromatic N) is 2. The molecule has 2 aromatic heterocycles. The van der Waals surface area contributed by atoms with Crippen molar-refractivity contribution in [1.29, 1.82) is 0 Å². The summed E-state index contributed by atoms with van der Waals surface area (Å²) in [7, 11) is 0. The highest BCUT2D eigenvalue weighted by atomic mass is 32.2.